The zero-order valence-electron chi connectivity index (χ0n) is 29.4. The highest BCUT2D eigenvalue weighted by atomic mass is 28.3. The Balaban J connectivity index is 1.25. The summed E-state index contributed by atoms with van der Waals surface area (Å²) in [6.45, 7) is 8.92. The molecule has 1 spiro atoms. The predicted molar refractivity (Wildman–Crippen MR) is 195 cm³/mol. The predicted octanol–water partition coefficient (Wildman–Crippen LogP) is 3.63. The first kappa shape index (κ1) is 34.1. The van der Waals surface area contributed by atoms with E-state index in [0.29, 0.717) is 31.7 Å². The monoisotopic (exact) mass is 694 g/mol. The molecule has 11 nitrogen and oxygen atoms in total. The Kier molecular flexibility index (Phi) is 9.14. The number of ether oxygens (including phenoxy) is 2. The molecule has 0 bridgehead atoms. The van der Waals surface area contributed by atoms with Crippen molar-refractivity contribution in [2.75, 3.05) is 50.2 Å². The Morgan fingerprint density at radius 3 is 2.56 bits per heavy atom. The number of nitrogens with zero attached hydrogens (tertiary/aromatic N) is 5. The Labute approximate surface area is 294 Å². The molecule has 262 valence electrons. The van der Waals surface area contributed by atoms with Gasteiger partial charge < -0.3 is 29.7 Å². The van der Waals surface area contributed by atoms with Gasteiger partial charge in [0.2, 0.25) is 5.91 Å². The van der Waals surface area contributed by atoms with E-state index in [0.717, 1.165) is 28.3 Å². The van der Waals surface area contributed by atoms with Gasteiger partial charge in [-0.3, -0.25) is 14.3 Å². The Morgan fingerprint density at radius 2 is 1.86 bits per heavy atom. The lowest BCUT2D eigenvalue weighted by atomic mass is 9.82. The fourth-order valence-corrected chi connectivity index (χ4v) is 12.7. The first-order valence-corrected chi connectivity index (χ1v) is 20.5. The number of likely N-dealkylation sites (N-methyl/N-ethyl adjacent to an activating group) is 1. The van der Waals surface area contributed by atoms with Crippen LogP contribution in [0.5, 0.6) is 5.75 Å². The van der Waals surface area contributed by atoms with Crippen LogP contribution in [0, 0.1) is 5.92 Å². The molecule has 0 aliphatic carbocycles. The molecule has 7 rings (SSSR count). The molecular formula is C38H46N6O5Si. The zero-order valence-corrected chi connectivity index (χ0v) is 30.4. The van der Waals surface area contributed by atoms with Gasteiger partial charge in [-0.15, -0.1) is 5.10 Å². The van der Waals surface area contributed by atoms with Crippen molar-refractivity contribution in [1.29, 1.82) is 0 Å². The van der Waals surface area contributed by atoms with E-state index in [2.05, 4.69) is 47.8 Å². The SMILES string of the molecule is COc1ccc([Si](C)(C)[C@@H]2[C@@H](CCn3cc(C(CO)c4ccccc4)nn3)O[C@]3(C(=O)N(C)c4ccc(N5CCNCC5=O)cc43)[C@H]2C)cc1. The highest BCUT2D eigenvalue weighted by Crippen LogP contribution is 2.60. The van der Waals surface area contributed by atoms with E-state index in [1.165, 1.54) is 5.19 Å². The largest absolute Gasteiger partial charge is 0.497 e. The number of aliphatic hydroxyl groups is 1. The molecule has 3 aliphatic heterocycles. The van der Waals surface area contributed by atoms with Gasteiger partial charge in [0.1, 0.15) is 5.75 Å². The van der Waals surface area contributed by atoms with Crippen LogP contribution < -0.4 is 25.0 Å². The average Bonchev–Trinajstić information content (AvgIpc) is 3.78. The summed E-state index contributed by atoms with van der Waals surface area (Å²) in [6.07, 6.45) is 2.25. The maximum absolute atomic E-state index is 14.6. The third kappa shape index (κ3) is 5.64. The molecular weight excluding hydrogens is 649 g/mol. The standard InChI is InChI=1S/C38H46N6O5Si/c1-25-36(50(4,5)29-14-12-28(48-3)13-15-29)34(17-19-43-23-32(40-41-43)30(24-45)26-9-7-6-8-10-26)49-38(25)31-21-27(44-20-18-39-22-35(44)46)11-16-33(31)42(2)37(38)47/h6-16,21,23,25,30,34,36,39,45H,17-20,22,24H2,1-5H3/t25-,30?,34+,36-,38+/m0/s1. The minimum Gasteiger partial charge on any atom is -0.497 e. The van der Waals surface area contributed by atoms with Gasteiger partial charge in [-0.25, -0.2) is 0 Å². The third-order valence-electron chi connectivity index (χ3n) is 11.3. The minimum absolute atomic E-state index is 0.00928. The molecule has 3 aliphatic rings. The first-order valence-electron chi connectivity index (χ1n) is 17.4. The van der Waals surface area contributed by atoms with Gasteiger partial charge in [0.25, 0.3) is 5.91 Å². The Bertz CT molecular complexity index is 1870. The van der Waals surface area contributed by atoms with Gasteiger partial charge in [0.05, 0.1) is 51.7 Å². The van der Waals surface area contributed by atoms with Crippen molar-refractivity contribution in [3.05, 3.63) is 95.8 Å². The lowest BCUT2D eigenvalue weighted by Crippen LogP contribution is -2.51. The summed E-state index contributed by atoms with van der Waals surface area (Å²) in [6, 6.07) is 24.1. The maximum Gasteiger partial charge on any atom is 0.264 e. The molecule has 2 fully saturated rings. The second-order valence-electron chi connectivity index (χ2n) is 14.3. The van der Waals surface area contributed by atoms with E-state index in [1.54, 1.807) is 16.9 Å². The molecule has 2 saturated heterocycles. The third-order valence-corrected chi connectivity index (χ3v) is 15.7. The summed E-state index contributed by atoms with van der Waals surface area (Å²) in [4.78, 5) is 31.0. The molecule has 3 aromatic carbocycles. The van der Waals surface area contributed by atoms with Crippen molar-refractivity contribution in [1.82, 2.24) is 20.3 Å². The van der Waals surface area contributed by atoms with E-state index in [4.69, 9.17) is 9.47 Å². The number of fused-ring (bicyclic) bond motifs is 2. The highest BCUT2D eigenvalue weighted by Gasteiger charge is 2.65. The molecule has 4 aromatic rings. The van der Waals surface area contributed by atoms with Crippen LogP contribution in [0.2, 0.25) is 18.6 Å². The lowest BCUT2D eigenvalue weighted by Gasteiger charge is -2.37. The number of aryl methyl sites for hydroxylation is 1. The van der Waals surface area contributed by atoms with Crippen molar-refractivity contribution in [2.45, 2.75) is 56.1 Å². The molecule has 0 saturated carbocycles. The van der Waals surface area contributed by atoms with Crippen molar-refractivity contribution in [3.63, 3.8) is 0 Å². The Morgan fingerprint density at radius 1 is 1.10 bits per heavy atom. The van der Waals surface area contributed by atoms with Crippen LogP contribution in [0.1, 0.15) is 36.1 Å². The fraction of sp³-hybridized carbons (Fsp3) is 0.421. The number of hydrogen-bond acceptors (Lipinski definition) is 8. The molecule has 12 heteroatoms. The molecule has 0 radical (unpaired) electrons. The summed E-state index contributed by atoms with van der Waals surface area (Å²) in [5.41, 5.74) is 2.96. The number of piperazine rings is 1. The molecule has 1 aromatic heterocycles. The summed E-state index contributed by atoms with van der Waals surface area (Å²) >= 11 is 0. The molecule has 5 atom stereocenters. The van der Waals surface area contributed by atoms with Crippen LogP contribution in [0.3, 0.4) is 0 Å². The van der Waals surface area contributed by atoms with E-state index in [9.17, 15) is 14.7 Å². The number of carbonyl (C=O) groups excluding carboxylic acids is 2. The van der Waals surface area contributed by atoms with Gasteiger partial charge in [-0.05, 0) is 47.9 Å². The second-order valence-corrected chi connectivity index (χ2v) is 19.0. The minimum atomic E-state index is -2.33. The number of carbonyl (C=O) groups is 2. The normalized spacial score (nSPS) is 24.2. The van der Waals surface area contributed by atoms with Gasteiger partial charge in [-0.1, -0.05) is 72.9 Å². The van der Waals surface area contributed by atoms with Crippen molar-refractivity contribution in [2.24, 2.45) is 5.92 Å². The van der Waals surface area contributed by atoms with Crippen LogP contribution in [0.25, 0.3) is 0 Å². The number of rotatable bonds is 10. The summed E-state index contributed by atoms with van der Waals surface area (Å²) in [5.74, 6) is 0.301. The molecule has 2 N–H and O–H groups in total. The number of hydrogen-bond donors (Lipinski definition) is 2. The van der Waals surface area contributed by atoms with Crippen molar-refractivity contribution >= 4 is 36.4 Å². The fourth-order valence-electron chi connectivity index (χ4n) is 8.62. The number of aromatic nitrogens is 3. The average molecular weight is 695 g/mol. The van der Waals surface area contributed by atoms with Crippen LogP contribution in [-0.2, 0) is 26.5 Å². The summed E-state index contributed by atoms with van der Waals surface area (Å²) in [7, 11) is 1.15. The number of anilines is 2. The number of aliphatic hydroxyl groups excluding tert-OH is 1. The lowest BCUT2D eigenvalue weighted by molar-refractivity contribution is -0.145. The second kappa shape index (κ2) is 13.4. The van der Waals surface area contributed by atoms with Gasteiger partial charge in [0, 0.05) is 50.0 Å². The molecule has 2 amide bonds. The zero-order chi connectivity index (χ0) is 35.2. The van der Waals surface area contributed by atoms with Crippen LogP contribution in [0.4, 0.5) is 11.4 Å². The number of amides is 2. The maximum atomic E-state index is 14.6. The van der Waals surface area contributed by atoms with Gasteiger partial charge in [0.15, 0.2) is 5.60 Å². The highest BCUT2D eigenvalue weighted by molar-refractivity contribution is 6.91. The van der Waals surface area contributed by atoms with Crippen molar-refractivity contribution in [3.8, 4) is 5.75 Å². The number of nitrogens with one attached hydrogen (secondary N) is 1. The molecule has 50 heavy (non-hydrogen) atoms. The topological polar surface area (TPSA) is 122 Å². The molecule has 1 unspecified atom stereocenters. The number of methoxy groups -OCH3 is 1. The number of benzene rings is 3. The van der Waals surface area contributed by atoms with Crippen molar-refractivity contribution < 1.29 is 24.2 Å². The Hall–Kier alpha value is -4.36. The van der Waals surface area contributed by atoms with Gasteiger partial charge >= 0.3 is 0 Å². The van der Waals surface area contributed by atoms with E-state index >= 15 is 0 Å². The summed E-state index contributed by atoms with van der Waals surface area (Å²) in [5, 5.41) is 23.6. The van der Waals surface area contributed by atoms with E-state index in [1.807, 2.05) is 78.6 Å². The molecule has 4 heterocycles. The van der Waals surface area contributed by atoms with Crippen LogP contribution in [0.15, 0.2) is 79.0 Å². The van der Waals surface area contributed by atoms with Crippen LogP contribution in [-0.4, -0.2) is 86.5 Å². The van der Waals surface area contributed by atoms with Gasteiger partial charge in [-0.2, -0.15) is 0 Å². The smallest absolute Gasteiger partial charge is 0.264 e. The summed E-state index contributed by atoms with van der Waals surface area (Å²) < 4.78 is 14.5. The first-order chi connectivity index (χ1) is 24.1. The van der Waals surface area contributed by atoms with E-state index < -0.39 is 13.7 Å². The van der Waals surface area contributed by atoms with Crippen LogP contribution >= 0.6 is 0 Å². The quantitative estimate of drug-likeness (QED) is 0.242. The van der Waals surface area contributed by atoms with E-state index in [-0.39, 0.29) is 48.4 Å².